The third-order valence-corrected chi connectivity index (χ3v) is 1.96. The summed E-state index contributed by atoms with van der Waals surface area (Å²) in [6, 6.07) is 0. The van der Waals surface area contributed by atoms with Crippen LogP contribution in [0.3, 0.4) is 0 Å². The minimum atomic E-state index is 0.621. The lowest BCUT2D eigenvalue weighted by Gasteiger charge is -1.99. The molecule has 2 N–H and O–H groups in total. The van der Waals surface area contributed by atoms with Crippen molar-refractivity contribution >= 4 is 5.69 Å². The van der Waals surface area contributed by atoms with Crippen LogP contribution < -0.4 is 5.73 Å². The van der Waals surface area contributed by atoms with Gasteiger partial charge in [-0.05, 0) is 6.92 Å². The fourth-order valence-electron chi connectivity index (χ4n) is 1.33. The number of aryl methyl sites for hydroxylation is 2. The van der Waals surface area contributed by atoms with E-state index < -0.39 is 0 Å². The summed E-state index contributed by atoms with van der Waals surface area (Å²) in [5, 5.41) is 4.23. The Morgan fingerprint density at radius 2 is 1.93 bits per heavy atom. The van der Waals surface area contributed by atoms with Crippen molar-refractivity contribution in [1.82, 2.24) is 19.7 Å². The highest BCUT2D eigenvalue weighted by molar-refractivity contribution is 5.70. The Balaban J connectivity index is 2.60. The molecule has 0 atom stereocenters. The van der Waals surface area contributed by atoms with Gasteiger partial charge in [-0.25, -0.2) is 0 Å². The predicted octanol–water partition coefficient (Wildman–Crippen LogP) is 0.768. The molecular weight excluding hydrogens is 178 g/mol. The second-order valence-electron chi connectivity index (χ2n) is 3.10. The average Bonchev–Trinajstić information content (AvgIpc) is 2.46. The molecule has 0 bridgehead atoms. The van der Waals surface area contributed by atoms with E-state index >= 15 is 0 Å². The van der Waals surface area contributed by atoms with Gasteiger partial charge >= 0.3 is 0 Å². The number of nitrogens with zero attached hydrogens (tertiary/aromatic N) is 4. The Labute approximate surface area is 81.6 Å². The molecular formula is C9H11N5. The van der Waals surface area contributed by atoms with Crippen molar-refractivity contribution in [2.45, 2.75) is 6.92 Å². The summed E-state index contributed by atoms with van der Waals surface area (Å²) >= 11 is 0. The molecule has 2 heterocycles. The maximum absolute atomic E-state index is 5.79. The second-order valence-corrected chi connectivity index (χ2v) is 3.10. The van der Waals surface area contributed by atoms with Gasteiger partial charge < -0.3 is 5.73 Å². The Morgan fingerprint density at radius 1 is 1.21 bits per heavy atom. The molecule has 0 radical (unpaired) electrons. The molecule has 0 aliphatic heterocycles. The van der Waals surface area contributed by atoms with Crippen molar-refractivity contribution in [3.05, 3.63) is 24.3 Å². The topological polar surface area (TPSA) is 69.6 Å². The number of rotatable bonds is 1. The van der Waals surface area contributed by atoms with Crippen LogP contribution in [-0.4, -0.2) is 19.7 Å². The van der Waals surface area contributed by atoms with Crippen LogP contribution in [0.25, 0.3) is 11.4 Å². The molecule has 0 saturated heterocycles. The van der Waals surface area contributed by atoms with Gasteiger partial charge in [0.25, 0.3) is 0 Å². The molecule has 0 amide bonds. The van der Waals surface area contributed by atoms with E-state index in [9.17, 15) is 0 Å². The Kier molecular flexibility index (Phi) is 1.92. The van der Waals surface area contributed by atoms with E-state index in [-0.39, 0.29) is 0 Å². The molecule has 14 heavy (non-hydrogen) atoms. The van der Waals surface area contributed by atoms with Gasteiger partial charge in [-0.3, -0.25) is 14.6 Å². The van der Waals surface area contributed by atoms with Crippen LogP contribution in [0, 0.1) is 6.92 Å². The quantitative estimate of drug-likeness (QED) is 0.719. The first kappa shape index (κ1) is 8.68. The predicted molar refractivity (Wildman–Crippen MR) is 53.4 cm³/mol. The molecule has 2 aromatic heterocycles. The first-order valence-electron chi connectivity index (χ1n) is 4.25. The van der Waals surface area contributed by atoms with E-state index in [1.807, 2.05) is 14.0 Å². The summed E-state index contributed by atoms with van der Waals surface area (Å²) < 4.78 is 1.67. The highest BCUT2D eigenvalue weighted by Crippen LogP contribution is 2.22. The summed E-state index contributed by atoms with van der Waals surface area (Å²) in [4.78, 5) is 8.34. The van der Waals surface area contributed by atoms with Crippen LogP contribution in [0.1, 0.15) is 5.69 Å². The summed E-state index contributed by atoms with van der Waals surface area (Å²) in [6.07, 6.45) is 5.04. The highest BCUT2D eigenvalue weighted by atomic mass is 15.3. The fourth-order valence-corrected chi connectivity index (χ4v) is 1.33. The first-order valence-corrected chi connectivity index (χ1v) is 4.25. The van der Waals surface area contributed by atoms with E-state index in [1.165, 1.54) is 0 Å². The zero-order chi connectivity index (χ0) is 10.1. The number of nitrogen functional groups attached to an aromatic ring is 1. The monoisotopic (exact) mass is 189 g/mol. The Bertz CT molecular complexity index is 460. The van der Waals surface area contributed by atoms with Gasteiger partial charge in [0.1, 0.15) is 11.4 Å². The van der Waals surface area contributed by atoms with Gasteiger partial charge in [0, 0.05) is 25.6 Å². The molecule has 2 aromatic rings. The normalized spacial score (nSPS) is 10.4. The number of hydrogen-bond donors (Lipinski definition) is 1. The molecule has 0 saturated carbocycles. The van der Waals surface area contributed by atoms with Crippen LogP contribution in [0.15, 0.2) is 18.6 Å². The van der Waals surface area contributed by atoms with Gasteiger partial charge in [0.15, 0.2) is 0 Å². The SMILES string of the molecule is Cc1nccnc1-c1nn(C)cc1N. The first-order chi connectivity index (χ1) is 6.68. The lowest BCUT2D eigenvalue weighted by molar-refractivity contribution is 0.769. The van der Waals surface area contributed by atoms with Crippen LogP contribution in [0.5, 0.6) is 0 Å². The third-order valence-electron chi connectivity index (χ3n) is 1.96. The lowest BCUT2D eigenvalue weighted by atomic mass is 10.2. The molecule has 72 valence electrons. The van der Waals surface area contributed by atoms with E-state index in [0.29, 0.717) is 11.4 Å². The molecule has 5 nitrogen and oxygen atoms in total. The van der Waals surface area contributed by atoms with Crippen molar-refractivity contribution in [1.29, 1.82) is 0 Å². The van der Waals surface area contributed by atoms with Crippen molar-refractivity contribution < 1.29 is 0 Å². The molecule has 2 rings (SSSR count). The summed E-state index contributed by atoms with van der Waals surface area (Å²) in [7, 11) is 1.82. The van der Waals surface area contributed by atoms with Gasteiger partial charge in [-0.2, -0.15) is 5.10 Å². The molecule has 5 heteroatoms. The minimum absolute atomic E-state index is 0.621. The maximum atomic E-state index is 5.79. The lowest BCUT2D eigenvalue weighted by Crippen LogP contribution is -1.95. The number of anilines is 1. The largest absolute Gasteiger partial charge is 0.396 e. The molecule has 0 spiro atoms. The number of aromatic nitrogens is 4. The summed E-state index contributed by atoms with van der Waals surface area (Å²) in [5.74, 6) is 0. The maximum Gasteiger partial charge on any atom is 0.135 e. The minimum Gasteiger partial charge on any atom is -0.396 e. The number of nitrogens with two attached hydrogens (primary N) is 1. The smallest absolute Gasteiger partial charge is 0.135 e. The van der Waals surface area contributed by atoms with Gasteiger partial charge in [-0.1, -0.05) is 0 Å². The van der Waals surface area contributed by atoms with Crippen molar-refractivity contribution in [2.75, 3.05) is 5.73 Å². The van der Waals surface area contributed by atoms with Gasteiger partial charge in [0.2, 0.25) is 0 Å². The van der Waals surface area contributed by atoms with E-state index in [1.54, 1.807) is 23.3 Å². The van der Waals surface area contributed by atoms with E-state index in [0.717, 1.165) is 11.4 Å². The summed E-state index contributed by atoms with van der Waals surface area (Å²) in [6.45, 7) is 1.89. The van der Waals surface area contributed by atoms with Crippen molar-refractivity contribution in [2.24, 2.45) is 7.05 Å². The average molecular weight is 189 g/mol. The molecule has 0 aromatic carbocycles. The van der Waals surface area contributed by atoms with E-state index in [2.05, 4.69) is 15.1 Å². The number of hydrogen-bond acceptors (Lipinski definition) is 4. The fraction of sp³-hybridized carbons (Fsp3) is 0.222. The van der Waals surface area contributed by atoms with Crippen molar-refractivity contribution in [3.8, 4) is 11.4 Å². The van der Waals surface area contributed by atoms with Crippen LogP contribution in [0.4, 0.5) is 5.69 Å². The molecule has 0 unspecified atom stereocenters. The van der Waals surface area contributed by atoms with E-state index in [4.69, 9.17) is 5.73 Å². The Morgan fingerprint density at radius 3 is 2.50 bits per heavy atom. The second kappa shape index (κ2) is 3.10. The van der Waals surface area contributed by atoms with Crippen LogP contribution in [-0.2, 0) is 7.05 Å². The highest BCUT2D eigenvalue weighted by Gasteiger charge is 2.11. The van der Waals surface area contributed by atoms with Gasteiger partial charge in [-0.15, -0.1) is 0 Å². The third kappa shape index (κ3) is 1.32. The Hall–Kier alpha value is -1.91. The molecule has 0 aliphatic carbocycles. The summed E-state index contributed by atoms with van der Waals surface area (Å²) in [5.41, 5.74) is 8.68. The van der Waals surface area contributed by atoms with Crippen LogP contribution >= 0.6 is 0 Å². The van der Waals surface area contributed by atoms with Crippen molar-refractivity contribution in [3.63, 3.8) is 0 Å². The standard InChI is InChI=1S/C9H11N5/c1-6-8(12-4-3-11-6)9-7(10)5-14(2)13-9/h3-5H,10H2,1-2H3. The van der Waals surface area contributed by atoms with Gasteiger partial charge in [0.05, 0.1) is 11.4 Å². The molecule has 0 fully saturated rings. The van der Waals surface area contributed by atoms with Crippen LogP contribution in [0.2, 0.25) is 0 Å². The zero-order valence-corrected chi connectivity index (χ0v) is 8.10. The molecule has 0 aliphatic rings. The zero-order valence-electron chi connectivity index (χ0n) is 8.10.